The van der Waals surface area contributed by atoms with Crippen LogP contribution < -0.4 is 15.4 Å². The number of para-hydroxylation sites is 2. The fourth-order valence-electron chi connectivity index (χ4n) is 2.25. The number of benzene rings is 1. The smallest absolute Gasteiger partial charge is 0.250 e. The first-order chi connectivity index (χ1) is 10.3. The van der Waals surface area contributed by atoms with E-state index in [0.29, 0.717) is 18.0 Å². The van der Waals surface area contributed by atoms with Crippen LogP contribution in [0.5, 0.6) is 5.75 Å². The summed E-state index contributed by atoms with van der Waals surface area (Å²) in [5, 5.41) is 6.13. The molecule has 0 aliphatic carbocycles. The van der Waals surface area contributed by atoms with Gasteiger partial charge in [-0.1, -0.05) is 19.1 Å². The average molecular weight is 292 g/mol. The lowest BCUT2D eigenvalue weighted by Crippen LogP contribution is -2.34. The zero-order chi connectivity index (χ0) is 14.9. The highest BCUT2D eigenvalue weighted by Crippen LogP contribution is 2.23. The Morgan fingerprint density at radius 2 is 2.10 bits per heavy atom. The van der Waals surface area contributed by atoms with Gasteiger partial charge in [-0.25, -0.2) is 0 Å². The van der Waals surface area contributed by atoms with Crippen LogP contribution >= 0.6 is 0 Å². The van der Waals surface area contributed by atoms with Crippen molar-refractivity contribution in [3.8, 4) is 5.75 Å². The highest BCUT2D eigenvalue weighted by atomic mass is 16.5. The summed E-state index contributed by atoms with van der Waals surface area (Å²) in [6.45, 7) is 4.69. The number of anilines is 1. The second-order valence-corrected chi connectivity index (χ2v) is 5.15. The van der Waals surface area contributed by atoms with Gasteiger partial charge in [0, 0.05) is 0 Å². The van der Waals surface area contributed by atoms with Gasteiger partial charge in [0.25, 0.3) is 0 Å². The molecule has 0 aromatic heterocycles. The summed E-state index contributed by atoms with van der Waals surface area (Å²) in [5.41, 5.74) is 0.699. The molecule has 5 heteroatoms. The first kappa shape index (κ1) is 15.8. The quantitative estimate of drug-likeness (QED) is 0.808. The first-order valence-electron chi connectivity index (χ1n) is 7.63. The molecule has 0 bridgehead atoms. The third kappa shape index (κ3) is 5.36. The maximum Gasteiger partial charge on any atom is 0.250 e. The van der Waals surface area contributed by atoms with Crippen molar-refractivity contribution in [2.24, 2.45) is 0 Å². The topological polar surface area (TPSA) is 59.6 Å². The van der Waals surface area contributed by atoms with Gasteiger partial charge < -0.3 is 20.1 Å². The van der Waals surface area contributed by atoms with Crippen LogP contribution in [0.15, 0.2) is 24.3 Å². The van der Waals surface area contributed by atoms with E-state index in [9.17, 15) is 4.79 Å². The number of ether oxygens (including phenoxy) is 2. The maximum atomic E-state index is 12.0. The van der Waals surface area contributed by atoms with E-state index in [1.54, 1.807) is 0 Å². The third-order valence-electron chi connectivity index (χ3n) is 3.36. The summed E-state index contributed by atoms with van der Waals surface area (Å²) in [6.07, 6.45) is 3.04. The molecule has 1 amide bonds. The van der Waals surface area contributed by atoms with E-state index in [0.717, 1.165) is 32.4 Å². The lowest BCUT2D eigenvalue weighted by molar-refractivity contribution is -0.123. The number of carbonyl (C=O) groups is 1. The third-order valence-corrected chi connectivity index (χ3v) is 3.36. The second-order valence-electron chi connectivity index (χ2n) is 5.15. The van der Waals surface area contributed by atoms with Crippen LogP contribution in [0.25, 0.3) is 0 Å². The lowest BCUT2D eigenvalue weighted by Gasteiger charge is -2.22. The Balaban J connectivity index is 1.81. The van der Waals surface area contributed by atoms with Crippen LogP contribution in [0.1, 0.15) is 26.2 Å². The largest absolute Gasteiger partial charge is 0.491 e. The zero-order valence-corrected chi connectivity index (χ0v) is 12.6. The van der Waals surface area contributed by atoms with Crippen LogP contribution in [0.4, 0.5) is 5.69 Å². The van der Waals surface area contributed by atoms with E-state index in [-0.39, 0.29) is 18.6 Å². The Morgan fingerprint density at radius 3 is 2.86 bits per heavy atom. The van der Waals surface area contributed by atoms with Crippen molar-refractivity contribution in [3.05, 3.63) is 24.3 Å². The van der Waals surface area contributed by atoms with Crippen LogP contribution in [0.2, 0.25) is 0 Å². The summed E-state index contributed by atoms with van der Waals surface area (Å²) >= 11 is 0. The van der Waals surface area contributed by atoms with E-state index in [1.165, 1.54) is 0 Å². The molecule has 1 aliphatic rings. The summed E-state index contributed by atoms with van der Waals surface area (Å²) in [5.74, 6) is 0.565. The monoisotopic (exact) mass is 292 g/mol. The predicted molar refractivity (Wildman–Crippen MR) is 82.7 cm³/mol. The molecule has 1 aromatic carbocycles. The fourth-order valence-corrected chi connectivity index (χ4v) is 2.25. The first-order valence-corrected chi connectivity index (χ1v) is 7.63. The minimum absolute atomic E-state index is 0.0901. The SMILES string of the molecule is CCCOc1ccccc1NC(=O)COC1CCNCC1. The molecular weight excluding hydrogens is 268 g/mol. The van der Waals surface area contributed by atoms with Gasteiger partial charge in [-0.15, -0.1) is 0 Å². The number of rotatable bonds is 7. The maximum absolute atomic E-state index is 12.0. The Bertz CT molecular complexity index is 445. The lowest BCUT2D eigenvalue weighted by atomic mass is 10.1. The van der Waals surface area contributed by atoms with Gasteiger partial charge in [0.1, 0.15) is 12.4 Å². The molecule has 0 unspecified atom stereocenters. The molecular formula is C16H24N2O3. The van der Waals surface area contributed by atoms with Gasteiger partial charge in [0.2, 0.25) is 5.91 Å². The van der Waals surface area contributed by atoms with Gasteiger partial charge in [0.15, 0.2) is 0 Å². The second kappa shape index (κ2) is 8.64. The average Bonchev–Trinajstić information content (AvgIpc) is 2.53. The van der Waals surface area contributed by atoms with E-state index in [1.807, 2.05) is 31.2 Å². The molecule has 0 atom stereocenters. The molecule has 1 fully saturated rings. The summed E-state index contributed by atoms with van der Waals surface area (Å²) < 4.78 is 11.3. The summed E-state index contributed by atoms with van der Waals surface area (Å²) in [7, 11) is 0. The van der Waals surface area contributed by atoms with Crippen molar-refractivity contribution in [2.75, 3.05) is 31.6 Å². The minimum Gasteiger partial charge on any atom is -0.491 e. The molecule has 1 aliphatic heterocycles. The van der Waals surface area contributed by atoms with Gasteiger partial charge in [-0.05, 0) is 44.5 Å². The van der Waals surface area contributed by atoms with Crippen molar-refractivity contribution in [2.45, 2.75) is 32.3 Å². The number of nitrogens with one attached hydrogen (secondary N) is 2. The van der Waals surface area contributed by atoms with Crippen LogP contribution in [0, 0.1) is 0 Å². The van der Waals surface area contributed by atoms with Gasteiger partial charge in [-0.3, -0.25) is 4.79 Å². The van der Waals surface area contributed by atoms with Gasteiger partial charge in [0.05, 0.1) is 18.4 Å². The van der Waals surface area contributed by atoms with E-state index >= 15 is 0 Å². The van der Waals surface area contributed by atoms with Crippen molar-refractivity contribution in [3.63, 3.8) is 0 Å². The van der Waals surface area contributed by atoms with Gasteiger partial charge >= 0.3 is 0 Å². The van der Waals surface area contributed by atoms with Crippen molar-refractivity contribution >= 4 is 11.6 Å². The number of piperidine rings is 1. The van der Waals surface area contributed by atoms with E-state index in [4.69, 9.17) is 9.47 Å². The van der Waals surface area contributed by atoms with Crippen molar-refractivity contribution in [1.29, 1.82) is 0 Å². The molecule has 1 aromatic rings. The predicted octanol–water partition coefficient (Wildman–Crippen LogP) is 2.18. The molecule has 5 nitrogen and oxygen atoms in total. The van der Waals surface area contributed by atoms with Crippen molar-refractivity contribution < 1.29 is 14.3 Å². The summed E-state index contributed by atoms with van der Waals surface area (Å²) in [6, 6.07) is 7.47. The molecule has 21 heavy (non-hydrogen) atoms. The van der Waals surface area contributed by atoms with Crippen LogP contribution in [-0.4, -0.2) is 38.3 Å². The van der Waals surface area contributed by atoms with E-state index < -0.39 is 0 Å². The van der Waals surface area contributed by atoms with E-state index in [2.05, 4.69) is 10.6 Å². The Labute approximate surface area is 126 Å². The Kier molecular flexibility index (Phi) is 6.50. The Morgan fingerprint density at radius 1 is 1.33 bits per heavy atom. The molecule has 0 saturated carbocycles. The molecule has 1 saturated heterocycles. The number of hydrogen-bond donors (Lipinski definition) is 2. The molecule has 0 radical (unpaired) electrons. The Hall–Kier alpha value is -1.59. The normalized spacial score (nSPS) is 15.7. The summed E-state index contributed by atoms with van der Waals surface area (Å²) in [4.78, 5) is 12.0. The number of carbonyl (C=O) groups excluding carboxylic acids is 1. The number of hydrogen-bond acceptors (Lipinski definition) is 4. The fraction of sp³-hybridized carbons (Fsp3) is 0.562. The zero-order valence-electron chi connectivity index (χ0n) is 12.6. The van der Waals surface area contributed by atoms with Gasteiger partial charge in [-0.2, -0.15) is 0 Å². The highest BCUT2D eigenvalue weighted by Gasteiger charge is 2.15. The highest BCUT2D eigenvalue weighted by molar-refractivity contribution is 5.93. The molecule has 116 valence electrons. The number of amides is 1. The standard InChI is InChI=1S/C16H24N2O3/c1-2-11-20-15-6-4-3-5-14(15)18-16(19)12-21-13-7-9-17-10-8-13/h3-6,13,17H,2,7-12H2,1H3,(H,18,19). The minimum atomic E-state index is -0.138. The molecule has 0 spiro atoms. The molecule has 1 heterocycles. The van der Waals surface area contributed by atoms with Crippen LogP contribution in [0.3, 0.4) is 0 Å². The van der Waals surface area contributed by atoms with Crippen molar-refractivity contribution in [1.82, 2.24) is 5.32 Å². The molecule has 2 N–H and O–H groups in total. The molecule has 2 rings (SSSR count). The van der Waals surface area contributed by atoms with Crippen LogP contribution in [-0.2, 0) is 9.53 Å².